The van der Waals surface area contributed by atoms with Crippen molar-refractivity contribution in [3.8, 4) is 11.3 Å². The van der Waals surface area contributed by atoms with Crippen LogP contribution in [0.2, 0.25) is 5.02 Å². The van der Waals surface area contributed by atoms with Gasteiger partial charge in [-0.25, -0.2) is 4.98 Å². The van der Waals surface area contributed by atoms with Gasteiger partial charge in [0.15, 0.2) is 0 Å². The molecule has 0 saturated carbocycles. The van der Waals surface area contributed by atoms with E-state index in [4.69, 9.17) is 11.6 Å². The fraction of sp³-hybridized carbons (Fsp3) is 0.0588. The molecule has 1 aromatic heterocycles. The average Bonchev–Trinajstić information content (AvgIpc) is 3.09. The van der Waals surface area contributed by atoms with E-state index in [9.17, 15) is 4.79 Å². The minimum absolute atomic E-state index is 0.218. The van der Waals surface area contributed by atoms with Crippen molar-refractivity contribution in [2.24, 2.45) is 0 Å². The third-order valence-corrected chi connectivity index (χ3v) is 4.92. The molecule has 0 radical (unpaired) electrons. The fourth-order valence-corrected chi connectivity index (χ4v) is 3.42. The monoisotopic (exact) mass is 360 g/mol. The van der Waals surface area contributed by atoms with E-state index in [0.717, 1.165) is 21.8 Å². The number of halogens is 1. The summed E-state index contributed by atoms with van der Waals surface area (Å²) in [6.45, 7) is 0. The van der Waals surface area contributed by atoms with Crippen LogP contribution in [-0.4, -0.2) is 17.1 Å². The predicted octanol–water partition coefficient (Wildman–Crippen LogP) is 5.44. The van der Waals surface area contributed by atoms with Crippen molar-refractivity contribution in [3.63, 3.8) is 0 Å². The van der Waals surface area contributed by atoms with E-state index in [1.807, 2.05) is 42.0 Å². The van der Waals surface area contributed by atoms with Gasteiger partial charge in [-0.3, -0.25) is 4.79 Å². The van der Waals surface area contributed by atoms with Crippen LogP contribution < -0.4 is 5.32 Å². The van der Waals surface area contributed by atoms with Crippen molar-refractivity contribution in [1.29, 1.82) is 0 Å². The van der Waals surface area contributed by atoms with Gasteiger partial charge in [0.05, 0.1) is 21.8 Å². The SMILES string of the molecule is CSc1ccc(C(=O)Nc2ccc(-c3cscn3)cc2)c(Cl)c1. The largest absolute Gasteiger partial charge is 0.322 e. The highest BCUT2D eigenvalue weighted by Crippen LogP contribution is 2.25. The molecule has 2 aromatic carbocycles. The molecule has 0 saturated heterocycles. The number of thioether (sulfide) groups is 1. The van der Waals surface area contributed by atoms with Gasteiger partial charge in [-0.15, -0.1) is 23.1 Å². The first-order chi connectivity index (χ1) is 11.2. The molecule has 0 unspecified atom stereocenters. The number of nitrogens with zero attached hydrogens (tertiary/aromatic N) is 1. The molecular formula is C17H13ClN2OS2. The summed E-state index contributed by atoms with van der Waals surface area (Å²) < 4.78 is 0. The molecule has 0 bridgehead atoms. The van der Waals surface area contributed by atoms with Gasteiger partial charge < -0.3 is 5.32 Å². The summed E-state index contributed by atoms with van der Waals surface area (Å²) in [5.41, 5.74) is 4.94. The minimum atomic E-state index is -0.218. The molecule has 0 spiro atoms. The summed E-state index contributed by atoms with van der Waals surface area (Å²) in [5, 5.41) is 5.30. The van der Waals surface area contributed by atoms with Gasteiger partial charge in [0.25, 0.3) is 5.91 Å². The second kappa shape index (κ2) is 7.17. The zero-order valence-electron chi connectivity index (χ0n) is 12.2. The molecule has 3 rings (SSSR count). The van der Waals surface area contributed by atoms with Gasteiger partial charge in [0.1, 0.15) is 0 Å². The first-order valence-corrected chi connectivity index (χ1v) is 9.35. The molecule has 3 nitrogen and oxygen atoms in total. The number of rotatable bonds is 4. The van der Waals surface area contributed by atoms with Crippen LogP contribution in [0.25, 0.3) is 11.3 Å². The quantitative estimate of drug-likeness (QED) is 0.630. The summed E-state index contributed by atoms with van der Waals surface area (Å²) in [4.78, 5) is 17.6. The Kier molecular flexibility index (Phi) is 5.00. The molecule has 0 atom stereocenters. The molecule has 116 valence electrons. The van der Waals surface area contributed by atoms with Gasteiger partial charge >= 0.3 is 0 Å². The highest BCUT2D eigenvalue weighted by atomic mass is 35.5. The first-order valence-electron chi connectivity index (χ1n) is 6.81. The maximum absolute atomic E-state index is 12.3. The molecule has 6 heteroatoms. The minimum Gasteiger partial charge on any atom is -0.322 e. The zero-order valence-corrected chi connectivity index (χ0v) is 14.6. The molecule has 0 aliphatic carbocycles. The number of carbonyl (C=O) groups excluding carboxylic acids is 1. The van der Waals surface area contributed by atoms with Gasteiger partial charge in [-0.1, -0.05) is 23.7 Å². The number of hydrogen-bond donors (Lipinski definition) is 1. The van der Waals surface area contributed by atoms with Gasteiger partial charge in [0, 0.05) is 21.5 Å². The Hall–Kier alpha value is -1.82. The van der Waals surface area contributed by atoms with Crippen LogP contribution >= 0.6 is 34.7 Å². The Morgan fingerprint density at radius 3 is 2.61 bits per heavy atom. The molecule has 1 N–H and O–H groups in total. The second-order valence-corrected chi connectivity index (χ2v) is 6.76. The van der Waals surface area contributed by atoms with Crippen LogP contribution in [-0.2, 0) is 0 Å². The van der Waals surface area contributed by atoms with Crippen molar-refractivity contribution < 1.29 is 4.79 Å². The van der Waals surface area contributed by atoms with E-state index in [1.165, 1.54) is 0 Å². The Morgan fingerprint density at radius 2 is 2.00 bits per heavy atom. The van der Waals surface area contributed by atoms with Crippen LogP contribution in [0.3, 0.4) is 0 Å². The van der Waals surface area contributed by atoms with Crippen LogP contribution in [0, 0.1) is 0 Å². The van der Waals surface area contributed by atoms with Crippen LogP contribution in [0.15, 0.2) is 58.3 Å². The Morgan fingerprint density at radius 1 is 1.22 bits per heavy atom. The third-order valence-electron chi connectivity index (χ3n) is 3.29. The van der Waals surface area contributed by atoms with E-state index in [-0.39, 0.29) is 5.91 Å². The lowest BCUT2D eigenvalue weighted by Crippen LogP contribution is -2.12. The maximum Gasteiger partial charge on any atom is 0.257 e. The van der Waals surface area contributed by atoms with E-state index < -0.39 is 0 Å². The van der Waals surface area contributed by atoms with Crippen molar-refractivity contribution in [2.45, 2.75) is 4.90 Å². The summed E-state index contributed by atoms with van der Waals surface area (Å²) >= 11 is 9.32. The molecule has 23 heavy (non-hydrogen) atoms. The third kappa shape index (κ3) is 3.75. The number of carbonyl (C=O) groups is 1. The van der Waals surface area contributed by atoms with Crippen LogP contribution in [0.1, 0.15) is 10.4 Å². The van der Waals surface area contributed by atoms with E-state index in [1.54, 1.807) is 40.7 Å². The number of benzene rings is 2. The van der Waals surface area contributed by atoms with Crippen LogP contribution in [0.4, 0.5) is 5.69 Å². The van der Waals surface area contributed by atoms with Crippen molar-refractivity contribution in [1.82, 2.24) is 4.98 Å². The van der Waals surface area contributed by atoms with E-state index in [0.29, 0.717) is 10.6 Å². The van der Waals surface area contributed by atoms with Crippen molar-refractivity contribution in [3.05, 3.63) is 63.9 Å². The first kappa shape index (κ1) is 16.1. The summed E-state index contributed by atoms with van der Waals surface area (Å²) in [6, 6.07) is 13.0. The Bertz CT molecular complexity index is 817. The number of nitrogens with one attached hydrogen (secondary N) is 1. The number of hydrogen-bond acceptors (Lipinski definition) is 4. The zero-order chi connectivity index (χ0) is 16.2. The highest BCUT2D eigenvalue weighted by molar-refractivity contribution is 7.98. The molecule has 0 fully saturated rings. The average molecular weight is 361 g/mol. The number of anilines is 1. The molecule has 0 aliphatic rings. The van der Waals surface area contributed by atoms with Crippen molar-refractivity contribution >= 4 is 46.3 Å². The summed E-state index contributed by atoms with van der Waals surface area (Å²) in [6.07, 6.45) is 1.97. The molecule has 1 amide bonds. The lowest BCUT2D eigenvalue weighted by molar-refractivity contribution is 0.102. The van der Waals surface area contributed by atoms with Gasteiger partial charge in [0.2, 0.25) is 0 Å². The predicted molar refractivity (Wildman–Crippen MR) is 98.7 cm³/mol. The highest BCUT2D eigenvalue weighted by Gasteiger charge is 2.11. The number of thiazole rings is 1. The smallest absolute Gasteiger partial charge is 0.257 e. The Labute approximate surface area is 147 Å². The molecule has 3 aromatic rings. The van der Waals surface area contributed by atoms with Gasteiger partial charge in [-0.2, -0.15) is 0 Å². The summed E-state index contributed by atoms with van der Waals surface area (Å²) in [7, 11) is 0. The lowest BCUT2D eigenvalue weighted by atomic mass is 10.1. The Balaban J connectivity index is 1.75. The van der Waals surface area contributed by atoms with E-state index in [2.05, 4.69) is 10.3 Å². The number of aromatic nitrogens is 1. The molecule has 1 heterocycles. The van der Waals surface area contributed by atoms with Gasteiger partial charge in [-0.05, 0) is 36.6 Å². The van der Waals surface area contributed by atoms with Crippen LogP contribution in [0.5, 0.6) is 0 Å². The topological polar surface area (TPSA) is 42.0 Å². The van der Waals surface area contributed by atoms with Crippen molar-refractivity contribution in [2.75, 3.05) is 11.6 Å². The van der Waals surface area contributed by atoms with E-state index >= 15 is 0 Å². The standard InChI is InChI=1S/C17H13ClN2OS2/c1-22-13-6-7-14(15(18)8-13)17(21)20-12-4-2-11(3-5-12)16-9-23-10-19-16/h2-10H,1H3,(H,20,21). The number of amides is 1. The normalized spacial score (nSPS) is 10.5. The fourth-order valence-electron chi connectivity index (χ4n) is 2.08. The lowest BCUT2D eigenvalue weighted by Gasteiger charge is -2.08. The molecule has 0 aliphatic heterocycles. The second-order valence-electron chi connectivity index (χ2n) is 4.75. The maximum atomic E-state index is 12.3. The summed E-state index contributed by atoms with van der Waals surface area (Å²) in [5.74, 6) is -0.218. The molecular weight excluding hydrogens is 348 g/mol.